The fourth-order valence-electron chi connectivity index (χ4n) is 2.22. The summed E-state index contributed by atoms with van der Waals surface area (Å²) in [5, 5.41) is 16.2. The van der Waals surface area contributed by atoms with Crippen LogP contribution in [0.3, 0.4) is 0 Å². The summed E-state index contributed by atoms with van der Waals surface area (Å²) in [5.74, 6) is 1.18. The van der Waals surface area contributed by atoms with E-state index in [9.17, 15) is 5.11 Å². The third-order valence-corrected chi connectivity index (χ3v) is 4.32. The summed E-state index contributed by atoms with van der Waals surface area (Å²) in [4.78, 5) is 5.30. The van der Waals surface area contributed by atoms with Gasteiger partial charge in [0.05, 0.1) is 26.1 Å². The maximum atomic E-state index is 9.71. The van der Waals surface area contributed by atoms with Crippen LogP contribution in [-0.4, -0.2) is 29.7 Å². The van der Waals surface area contributed by atoms with Gasteiger partial charge in [0, 0.05) is 5.38 Å². The summed E-state index contributed by atoms with van der Waals surface area (Å²) in [7, 11) is 1.51. The molecular formula is C19H19N3O3S. The number of nitrogens with zero attached hydrogens (tertiary/aromatic N) is 3. The molecule has 0 unspecified atom stereocenters. The van der Waals surface area contributed by atoms with E-state index < -0.39 is 0 Å². The van der Waals surface area contributed by atoms with Crippen molar-refractivity contribution < 1.29 is 14.3 Å². The van der Waals surface area contributed by atoms with Crippen LogP contribution in [0.4, 0.5) is 0 Å². The molecule has 1 aromatic carbocycles. The minimum absolute atomic E-state index is 0.0845. The lowest BCUT2D eigenvalue weighted by Crippen LogP contribution is -2.12. The smallest absolute Gasteiger partial charge is 0.206 e. The maximum absolute atomic E-state index is 9.71. The van der Waals surface area contributed by atoms with Crippen molar-refractivity contribution in [2.24, 2.45) is 10.1 Å². The Morgan fingerprint density at radius 2 is 2.27 bits per heavy atom. The fourth-order valence-corrected chi connectivity index (χ4v) is 3.03. The van der Waals surface area contributed by atoms with E-state index in [1.807, 2.05) is 24.4 Å². The summed E-state index contributed by atoms with van der Waals surface area (Å²) in [6, 6.07) is 8.74. The first-order valence-electron chi connectivity index (χ1n) is 7.89. The van der Waals surface area contributed by atoms with E-state index >= 15 is 0 Å². The highest BCUT2D eigenvalue weighted by Gasteiger charge is 2.10. The first kappa shape index (κ1) is 17.8. The summed E-state index contributed by atoms with van der Waals surface area (Å²) in [6.45, 7) is 6.34. The Hall–Kier alpha value is -3.06. The summed E-state index contributed by atoms with van der Waals surface area (Å²) < 4.78 is 12.4. The third kappa shape index (κ3) is 3.94. The normalized spacial score (nSPS) is 12.0. The lowest BCUT2D eigenvalue weighted by Gasteiger charge is -2.04. The predicted octanol–water partition coefficient (Wildman–Crippen LogP) is 3.88. The van der Waals surface area contributed by atoms with E-state index in [2.05, 4.69) is 16.7 Å². The highest BCUT2D eigenvalue weighted by molar-refractivity contribution is 7.07. The molecule has 1 N–H and O–H groups in total. The highest BCUT2D eigenvalue weighted by Crippen LogP contribution is 2.26. The Balaban J connectivity index is 2.03. The summed E-state index contributed by atoms with van der Waals surface area (Å²) in [5.41, 5.74) is 2.56. The van der Waals surface area contributed by atoms with E-state index in [0.717, 1.165) is 21.6 Å². The van der Waals surface area contributed by atoms with Gasteiger partial charge >= 0.3 is 0 Å². The van der Waals surface area contributed by atoms with E-state index in [-0.39, 0.29) is 5.75 Å². The van der Waals surface area contributed by atoms with Gasteiger partial charge in [0.25, 0.3) is 0 Å². The van der Waals surface area contributed by atoms with Crippen LogP contribution in [-0.2, 0) is 0 Å². The monoisotopic (exact) mass is 369 g/mol. The van der Waals surface area contributed by atoms with Crippen LogP contribution in [0.2, 0.25) is 0 Å². The number of rotatable bonds is 6. The van der Waals surface area contributed by atoms with E-state index in [1.165, 1.54) is 18.4 Å². The number of aromatic hydroxyl groups is 1. The van der Waals surface area contributed by atoms with Gasteiger partial charge < -0.3 is 14.3 Å². The van der Waals surface area contributed by atoms with E-state index in [0.29, 0.717) is 18.1 Å². The molecule has 0 saturated carbocycles. The zero-order chi connectivity index (χ0) is 18.5. The van der Waals surface area contributed by atoms with Crippen LogP contribution in [0.25, 0.3) is 11.5 Å². The molecule has 2 heterocycles. The van der Waals surface area contributed by atoms with Gasteiger partial charge in [-0.15, -0.1) is 11.3 Å². The molecule has 0 spiro atoms. The SMILES string of the molecule is C=C(C)CN=c1scc(-c2ccco2)n1N=Cc1ccc(O)c(OC)c1. The van der Waals surface area contributed by atoms with Gasteiger partial charge in [-0.25, -0.2) is 4.68 Å². The molecule has 0 bridgehead atoms. The second-order valence-electron chi connectivity index (χ2n) is 5.64. The molecule has 0 aliphatic carbocycles. The van der Waals surface area contributed by atoms with Crippen LogP contribution in [0.5, 0.6) is 11.5 Å². The van der Waals surface area contributed by atoms with Crippen molar-refractivity contribution in [2.45, 2.75) is 6.92 Å². The fraction of sp³-hybridized carbons (Fsp3) is 0.158. The zero-order valence-electron chi connectivity index (χ0n) is 14.5. The molecule has 3 aromatic rings. The molecule has 0 fully saturated rings. The Morgan fingerprint density at radius 3 is 2.96 bits per heavy atom. The van der Waals surface area contributed by atoms with Crippen molar-refractivity contribution in [1.29, 1.82) is 0 Å². The van der Waals surface area contributed by atoms with Crippen molar-refractivity contribution in [3.05, 3.63) is 64.5 Å². The lowest BCUT2D eigenvalue weighted by molar-refractivity contribution is 0.373. The molecule has 6 nitrogen and oxygen atoms in total. The van der Waals surface area contributed by atoms with Crippen LogP contribution in [0.15, 0.2) is 68.6 Å². The molecule has 26 heavy (non-hydrogen) atoms. The maximum Gasteiger partial charge on any atom is 0.206 e. The average Bonchev–Trinajstić information content (AvgIpc) is 3.28. The van der Waals surface area contributed by atoms with E-state index in [4.69, 9.17) is 9.15 Å². The molecule has 0 atom stereocenters. The number of aromatic nitrogens is 1. The molecule has 3 rings (SSSR count). The molecule has 0 saturated heterocycles. The van der Waals surface area contributed by atoms with E-state index in [1.54, 1.807) is 35.4 Å². The van der Waals surface area contributed by atoms with Crippen LogP contribution in [0.1, 0.15) is 12.5 Å². The summed E-state index contributed by atoms with van der Waals surface area (Å²) >= 11 is 1.48. The van der Waals surface area contributed by atoms with Gasteiger partial charge in [0.1, 0.15) is 5.69 Å². The second kappa shape index (κ2) is 7.88. The third-order valence-electron chi connectivity index (χ3n) is 3.47. The Morgan fingerprint density at radius 1 is 1.42 bits per heavy atom. The number of phenolic OH excluding ortho intramolecular Hbond substituents is 1. The van der Waals surface area contributed by atoms with Gasteiger partial charge in [-0.05, 0) is 42.8 Å². The van der Waals surface area contributed by atoms with Crippen LogP contribution in [0, 0.1) is 0 Å². The van der Waals surface area contributed by atoms with Crippen molar-refractivity contribution in [3.63, 3.8) is 0 Å². The number of ether oxygens (including phenoxy) is 1. The number of phenols is 1. The number of furan rings is 1. The van der Waals surface area contributed by atoms with Gasteiger partial charge in [-0.3, -0.25) is 4.99 Å². The zero-order valence-corrected chi connectivity index (χ0v) is 15.4. The molecule has 7 heteroatoms. The highest BCUT2D eigenvalue weighted by atomic mass is 32.1. The Kier molecular flexibility index (Phi) is 5.38. The number of thiazole rings is 1. The molecule has 0 amide bonds. The topological polar surface area (TPSA) is 72.2 Å². The van der Waals surface area contributed by atoms with Crippen LogP contribution >= 0.6 is 11.3 Å². The number of hydrogen-bond donors (Lipinski definition) is 1. The molecule has 0 aliphatic rings. The van der Waals surface area contributed by atoms with Crippen molar-refractivity contribution in [1.82, 2.24) is 4.68 Å². The van der Waals surface area contributed by atoms with Crippen molar-refractivity contribution >= 4 is 17.6 Å². The van der Waals surface area contributed by atoms with Crippen molar-refractivity contribution in [2.75, 3.05) is 13.7 Å². The Labute approximate surface area is 155 Å². The predicted molar refractivity (Wildman–Crippen MR) is 103 cm³/mol. The first-order valence-corrected chi connectivity index (χ1v) is 8.77. The minimum Gasteiger partial charge on any atom is -0.504 e. The van der Waals surface area contributed by atoms with Crippen molar-refractivity contribution in [3.8, 4) is 23.0 Å². The van der Waals surface area contributed by atoms with Crippen LogP contribution < -0.4 is 9.54 Å². The second-order valence-corrected chi connectivity index (χ2v) is 6.48. The quantitative estimate of drug-likeness (QED) is 0.529. The number of hydrogen-bond acceptors (Lipinski definition) is 6. The van der Waals surface area contributed by atoms with Gasteiger partial charge in [-0.2, -0.15) is 5.10 Å². The first-order chi connectivity index (χ1) is 12.6. The Bertz CT molecular complexity index is 997. The standard InChI is InChI=1S/C19H19N3O3S/c1-13(2)10-20-19-22(15(12-26-19)17-5-4-8-25-17)21-11-14-6-7-16(23)18(9-14)24-3/h4-9,11-12,23H,1,10H2,2-3H3. The molecule has 2 aromatic heterocycles. The number of benzene rings is 1. The van der Waals surface area contributed by atoms with Gasteiger partial charge in [-0.1, -0.05) is 12.2 Å². The molecular weight excluding hydrogens is 350 g/mol. The van der Waals surface area contributed by atoms with Gasteiger partial charge in [0.2, 0.25) is 4.80 Å². The van der Waals surface area contributed by atoms with Gasteiger partial charge in [0.15, 0.2) is 17.3 Å². The lowest BCUT2D eigenvalue weighted by atomic mass is 10.2. The largest absolute Gasteiger partial charge is 0.504 e. The number of methoxy groups -OCH3 is 1. The molecule has 0 radical (unpaired) electrons. The summed E-state index contributed by atoms with van der Waals surface area (Å²) in [6.07, 6.45) is 3.30. The molecule has 0 aliphatic heterocycles. The minimum atomic E-state index is 0.0845. The molecule has 134 valence electrons. The average molecular weight is 369 g/mol.